The third-order valence-electron chi connectivity index (χ3n) is 2.80. The molecule has 1 N–H and O–H groups in total. The van der Waals surface area contributed by atoms with Crippen molar-refractivity contribution < 1.29 is 4.79 Å². The minimum absolute atomic E-state index is 0.233. The van der Waals surface area contributed by atoms with Crippen LogP contribution in [0.1, 0.15) is 6.92 Å². The van der Waals surface area contributed by atoms with Crippen LogP contribution in [0.5, 0.6) is 0 Å². The molecule has 0 atom stereocenters. The van der Waals surface area contributed by atoms with Crippen molar-refractivity contribution in [3.63, 3.8) is 0 Å². The van der Waals surface area contributed by atoms with Crippen molar-refractivity contribution in [3.05, 3.63) is 58.6 Å². The topological polar surface area (TPSA) is 32.3 Å². The molecular formula is C15H14Cl2N2O. The van der Waals surface area contributed by atoms with Gasteiger partial charge < -0.3 is 5.32 Å². The zero-order chi connectivity index (χ0) is 14.5. The first-order valence-corrected chi connectivity index (χ1v) is 6.96. The molecule has 0 saturated heterocycles. The van der Waals surface area contributed by atoms with Crippen LogP contribution in [0.3, 0.4) is 0 Å². The maximum Gasteiger partial charge on any atom is 0.326 e. The average Bonchev–Trinajstić information content (AvgIpc) is 2.44. The van der Waals surface area contributed by atoms with Crippen molar-refractivity contribution in [2.24, 2.45) is 0 Å². The molecule has 0 aromatic heterocycles. The van der Waals surface area contributed by atoms with E-state index in [-0.39, 0.29) is 6.03 Å². The molecule has 0 unspecified atom stereocenters. The molecule has 2 aromatic carbocycles. The summed E-state index contributed by atoms with van der Waals surface area (Å²) in [6.07, 6.45) is 0. The van der Waals surface area contributed by atoms with E-state index in [1.807, 2.05) is 37.3 Å². The van der Waals surface area contributed by atoms with Crippen molar-refractivity contribution in [3.8, 4) is 0 Å². The molecule has 104 valence electrons. The lowest BCUT2D eigenvalue weighted by atomic mass is 10.3. The van der Waals surface area contributed by atoms with Crippen LogP contribution in [0.15, 0.2) is 48.5 Å². The van der Waals surface area contributed by atoms with Crippen molar-refractivity contribution >= 4 is 40.6 Å². The number of nitrogens with zero attached hydrogens (tertiary/aromatic N) is 1. The van der Waals surface area contributed by atoms with Gasteiger partial charge in [0.05, 0.1) is 10.7 Å². The van der Waals surface area contributed by atoms with E-state index < -0.39 is 0 Å². The summed E-state index contributed by atoms with van der Waals surface area (Å²) in [5, 5.41) is 3.73. The highest BCUT2D eigenvalue weighted by Gasteiger charge is 2.14. The second-order valence-corrected chi connectivity index (χ2v) is 4.98. The van der Waals surface area contributed by atoms with E-state index >= 15 is 0 Å². The second-order valence-electron chi connectivity index (χ2n) is 4.13. The summed E-state index contributed by atoms with van der Waals surface area (Å²) in [5.74, 6) is 0. The number of carbonyl (C=O) groups is 1. The number of hydrogen-bond donors (Lipinski definition) is 1. The number of anilines is 2. The Bertz CT molecular complexity index is 602. The molecule has 0 aliphatic rings. The molecule has 2 amide bonds. The van der Waals surface area contributed by atoms with E-state index in [9.17, 15) is 4.79 Å². The molecule has 0 radical (unpaired) electrons. The summed E-state index contributed by atoms with van der Waals surface area (Å²) in [4.78, 5) is 13.9. The van der Waals surface area contributed by atoms with Crippen LogP contribution in [0.25, 0.3) is 0 Å². The first-order valence-electron chi connectivity index (χ1n) is 6.20. The van der Waals surface area contributed by atoms with Crippen molar-refractivity contribution in [1.29, 1.82) is 0 Å². The lowest BCUT2D eigenvalue weighted by Crippen LogP contribution is -2.34. The third-order valence-corrected chi connectivity index (χ3v) is 3.35. The van der Waals surface area contributed by atoms with E-state index in [1.54, 1.807) is 23.1 Å². The first-order chi connectivity index (χ1) is 9.61. The van der Waals surface area contributed by atoms with E-state index in [0.29, 0.717) is 22.3 Å². The summed E-state index contributed by atoms with van der Waals surface area (Å²) >= 11 is 11.9. The fourth-order valence-corrected chi connectivity index (χ4v) is 2.28. The highest BCUT2D eigenvalue weighted by Crippen LogP contribution is 2.26. The number of para-hydroxylation sites is 1. The van der Waals surface area contributed by atoms with Crippen LogP contribution in [0.2, 0.25) is 10.0 Å². The Kier molecular flexibility index (Phi) is 4.88. The molecule has 2 rings (SSSR count). The number of carbonyl (C=O) groups excluding carboxylic acids is 1. The third kappa shape index (κ3) is 3.44. The second kappa shape index (κ2) is 6.64. The van der Waals surface area contributed by atoms with Gasteiger partial charge in [0.15, 0.2) is 0 Å². The van der Waals surface area contributed by atoms with E-state index in [4.69, 9.17) is 23.2 Å². The monoisotopic (exact) mass is 308 g/mol. The predicted octanol–water partition coefficient (Wildman–Crippen LogP) is 5.05. The van der Waals surface area contributed by atoms with Gasteiger partial charge >= 0.3 is 6.03 Å². The molecule has 0 aliphatic heterocycles. The van der Waals surface area contributed by atoms with Gasteiger partial charge in [-0.2, -0.15) is 0 Å². The largest absolute Gasteiger partial charge is 0.326 e. The van der Waals surface area contributed by atoms with Gasteiger partial charge in [-0.1, -0.05) is 41.4 Å². The smallest absolute Gasteiger partial charge is 0.306 e. The van der Waals surface area contributed by atoms with Gasteiger partial charge in [0.25, 0.3) is 0 Å². The number of halogens is 2. The Morgan fingerprint density at radius 1 is 1.15 bits per heavy atom. The Morgan fingerprint density at radius 3 is 2.45 bits per heavy atom. The minimum atomic E-state index is -0.233. The van der Waals surface area contributed by atoms with E-state index in [0.717, 1.165) is 5.69 Å². The Balaban J connectivity index is 2.18. The molecule has 0 fully saturated rings. The van der Waals surface area contributed by atoms with Gasteiger partial charge in [-0.25, -0.2) is 4.79 Å². The summed E-state index contributed by atoms with van der Waals surface area (Å²) in [5.41, 5.74) is 1.37. The van der Waals surface area contributed by atoms with Gasteiger partial charge in [-0.15, -0.1) is 0 Å². The molecular weight excluding hydrogens is 295 g/mol. The lowest BCUT2D eigenvalue weighted by molar-refractivity contribution is 0.257. The van der Waals surface area contributed by atoms with Crippen LogP contribution in [-0.4, -0.2) is 12.6 Å². The molecule has 0 aliphatic carbocycles. The summed E-state index contributed by atoms with van der Waals surface area (Å²) in [6, 6.07) is 14.2. The van der Waals surface area contributed by atoms with Crippen LogP contribution in [0.4, 0.5) is 16.2 Å². The number of rotatable bonds is 3. The quantitative estimate of drug-likeness (QED) is 0.845. The number of amides is 2. The summed E-state index contributed by atoms with van der Waals surface area (Å²) < 4.78 is 0. The van der Waals surface area contributed by atoms with Crippen LogP contribution in [0, 0.1) is 0 Å². The Labute approximate surface area is 128 Å². The van der Waals surface area contributed by atoms with Gasteiger partial charge in [0.1, 0.15) is 0 Å². The van der Waals surface area contributed by atoms with Crippen LogP contribution >= 0.6 is 23.2 Å². The Hall–Kier alpha value is -1.71. The van der Waals surface area contributed by atoms with E-state index in [2.05, 4.69) is 5.32 Å². The minimum Gasteiger partial charge on any atom is -0.306 e. The number of nitrogens with one attached hydrogen (secondary N) is 1. The fourth-order valence-electron chi connectivity index (χ4n) is 1.82. The van der Waals surface area contributed by atoms with Gasteiger partial charge in [-0.3, -0.25) is 4.90 Å². The molecule has 3 nitrogen and oxygen atoms in total. The first kappa shape index (κ1) is 14.7. The summed E-state index contributed by atoms with van der Waals surface area (Å²) in [6.45, 7) is 2.47. The molecule has 2 aromatic rings. The molecule has 0 spiro atoms. The van der Waals surface area contributed by atoms with E-state index in [1.165, 1.54) is 0 Å². The fraction of sp³-hybridized carbons (Fsp3) is 0.133. The van der Waals surface area contributed by atoms with Gasteiger partial charge in [0.2, 0.25) is 0 Å². The van der Waals surface area contributed by atoms with Crippen LogP contribution in [-0.2, 0) is 0 Å². The molecule has 5 heteroatoms. The molecule has 0 saturated carbocycles. The van der Waals surface area contributed by atoms with Crippen molar-refractivity contribution in [2.75, 3.05) is 16.8 Å². The van der Waals surface area contributed by atoms with Crippen molar-refractivity contribution in [1.82, 2.24) is 0 Å². The standard InChI is InChI=1S/C15H14Cl2N2O/c1-2-19(12-6-4-3-5-7-12)15(20)18-14-9-8-11(16)10-13(14)17/h3-10H,2H2,1H3,(H,18,20). The average molecular weight is 309 g/mol. The predicted molar refractivity (Wildman–Crippen MR) is 84.9 cm³/mol. The highest BCUT2D eigenvalue weighted by molar-refractivity contribution is 6.36. The molecule has 0 bridgehead atoms. The molecule has 0 heterocycles. The zero-order valence-electron chi connectivity index (χ0n) is 10.9. The lowest BCUT2D eigenvalue weighted by Gasteiger charge is -2.21. The van der Waals surface area contributed by atoms with Crippen LogP contribution < -0.4 is 10.2 Å². The van der Waals surface area contributed by atoms with Gasteiger partial charge in [-0.05, 0) is 37.3 Å². The molecule has 20 heavy (non-hydrogen) atoms. The Morgan fingerprint density at radius 2 is 1.85 bits per heavy atom. The van der Waals surface area contributed by atoms with Crippen molar-refractivity contribution in [2.45, 2.75) is 6.92 Å². The number of benzene rings is 2. The van der Waals surface area contributed by atoms with Gasteiger partial charge in [0, 0.05) is 17.3 Å². The normalized spacial score (nSPS) is 10.2. The summed E-state index contributed by atoms with van der Waals surface area (Å²) in [7, 11) is 0. The zero-order valence-corrected chi connectivity index (χ0v) is 12.4. The maximum absolute atomic E-state index is 12.3. The number of urea groups is 1. The number of hydrogen-bond acceptors (Lipinski definition) is 1. The maximum atomic E-state index is 12.3. The highest BCUT2D eigenvalue weighted by atomic mass is 35.5. The SMILES string of the molecule is CCN(C(=O)Nc1ccc(Cl)cc1Cl)c1ccccc1.